The molecule has 1 aromatic heterocycles. The molecule has 1 aromatic carbocycles. The molecule has 3 nitrogen and oxygen atoms in total. The van der Waals surface area contributed by atoms with Gasteiger partial charge in [-0.05, 0) is 25.0 Å². The Morgan fingerprint density at radius 1 is 1.05 bits per heavy atom. The quantitative estimate of drug-likeness (QED) is 0.897. The molecular formula is C16H20N2O. The highest BCUT2D eigenvalue weighted by atomic mass is 16.3. The van der Waals surface area contributed by atoms with Crippen molar-refractivity contribution in [2.75, 3.05) is 18.0 Å². The number of para-hydroxylation sites is 1. The zero-order chi connectivity index (χ0) is 13.1. The van der Waals surface area contributed by atoms with Crippen LogP contribution < -0.4 is 4.90 Å². The molecule has 0 spiro atoms. The molecule has 1 aliphatic rings. The lowest BCUT2D eigenvalue weighted by Crippen LogP contribution is -2.24. The Morgan fingerprint density at radius 2 is 1.79 bits per heavy atom. The maximum atomic E-state index is 9.39. The van der Waals surface area contributed by atoms with Gasteiger partial charge >= 0.3 is 0 Å². The Morgan fingerprint density at radius 3 is 2.53 bits per heavy atom. The van der Waals surface area contributed by atoms with Crippen LogP contribution in [0, 0.1) is 0 Å². The van der Waals surface area contributed by atoms with Gasteiger partial charge in [0.1, 0.15) is 0 Å². The van der Waals surface area contributed by atoms with Gasteiger partial charge in [-0.25, -0.2) is 0 Å². The summed E-state index contributed by atoms with van der Waals surface area (Å²) < 4.78 is 0. The standard InChI is InChI=1S/C16H20N2O/c19-12-13-11-16(18-9-5-1-2-6-10-18)14-7-3-4-8-15(14)17-13/h3-4,7-8,11,19H,1-2,5-6,9-10,12H2. The molecule has 3 rings (SSSR count). The number of anilines is 1. The van der Waals surface area contributed by atoms with Gasteiger partial charge in [0, 0.05) is 24.2 Å². The summed E-state index contributed by atoms with van der Waals surface area (Å²) in [4.78, 5) is 6.95. The fourth-order valence-electron chi connectivity index (χ4n) is 2.86. The predicted molar refractivity (Wildman–Crippen MR) is 78.3 cm³/mol. The van der Waals surface area contributed by atoms with Gasteiger partial charge in [-0.2, -0.15) is 0 Å². The monoisotopic (exact) mass is 256 g/mol. The van der Waals surface area contributed by atoms with Gasteiger partial charge in [0.15, 0.2) is 0 Å². The Balaban J connectivity index is 2.09. The molecule has 100 valence electrons. The molecule has 0 radical (unpaired) electrons. The number of hydrogen-bond donors (Lipinski definition) is 1. The number of aromatic nitrogens is 1. The molecule has 0 saturated carbocycles. The van der Waals surface area contributed by atoms with Crippen LogP contribution in [0.25, 0.3) is 10.9 Å². The fourth-order valence-corrected chi connectivity index (χ4v) is 2.86. The molecule has 2 heterocycles. The van der Waals surface area contributed by atoms with Gasteiger partial charge in [0.25, 0.3) is 0 Å². The lowest BCUT2D eigenvalue weighted by molar-refractivity contribution is 0.277. The van der Waals surface area contributed by atoms with Crippen LogP contribution in [0.3, 0.4) is 0 Å². The van der Waals surface area contributed by atoms with Crippen LogP contribution in [-0.4, -0.2) is 23.2 Å². The maximum Gasteiger partial charge on any atom is 0.0854 e. The molecule has 1 N–H and O–H groups in total. The van der Waals surface area contributed by atoms with Gasteiger partial charge in [-0.1, -0.05) is 31.0 Å². The number of fused-ring (bicyclic) bond motifs is 1. The van der Waals surface area contributed by atoms with E-state index in [0.717, 1.165) is 24.3 Å². The number of aliphatic hydroxyl groups is 1. The second-order valence-corrected chi connectivity index (χ2v) is 5.21. The van der Waals surface area contributed by atoms with Crippen LogP contribution in [0.5, 0.6) is 0 Å². The number of nitrogens with zero attached hydrogens (tertiary/aromatic N) is 2. The highest BCUT2D eigenvalue weighted by Crippen LogP contribution is 2.28. The summed E-state index contributed by atoms with van der Waals surface area (Å²) in [5.41, 5.74) is 2.97. The first-order chi connectivity index (χ1) is 9.38. The third kappa shape index (κ3) is 2.56. The minimum atomic E-state index is 0.00563. The van der Waals surface area contributed by atoms with Crippen molar-refractivity contribution in [1.29, 1.82) is 0 Å². The highest BCUT2D eigenvalue weighted by molar-refractivity contribution is 5.92. The van der Waals surface area contributed by atoms with E-state index in [1.54, 1.807) is 0 Å². The number of aliphatic hydroxyl groups excluding tert-OH is 1. The van der Waals surface area contributed by atoms with Crippen LogP contribution >= 0.6 is 0 Å². The second-order valence-electron chi connectivity index (χ2n) is 5.21. The second kappa shape index (κ2) is 5.57. The van der Waals surface area contributed by atoms with Crippen LogP contribution in [-0.2, 0) is 6.61 Å². The van der Waals surface area contributed by atoms with Crippen molar-refractivity contribution in [2.45, 2.75) is 32.3 Å². The van der Waals surface area contributed by atoms with E-state index in [0.29, 0.717) is 0 Å². The summed E-state index contributed by atoms with van der Waals surface area (Å²) in [5.74, 6) is 0. The molecule has 1 aliphatic heterocycles. The van der Waals surface area contributed by atoms with Gasteiger partial charge in [0.05, 0.1) is 17.8 Å². The van der Waals surface area contributed by atoms with Gasteiger partial charge in [-0.15, -0.1) is 0 Å². The number of pyridine rings is 1. The molecule has 2 aromatic rings. The topological polar surface area (TPSA) is 36.4 Å². The summed E-state index contributed by atoms with van der Waals surface area (Å²) in [5, 5.41) is 10.6. The summed E-state index contributed by atoms with van der Waals surface area (Å²) in [6, 6.07) is 10.3. The minimum absolute atomic E-state index is 0.00563. The molecule has 0 bridgehead atoms. The van der Waals surface area contributed by atoms with Gasteiger partial charge in [0.2, 0.25) is 0 Å². The largest absolute Gasteiger partial charge is 0.390 e. The lowest BCUT2D eigenvalue weighted by atomic mass is 10.1. The summed E-state index contributed by atoms with van der Waals surface area (Å²) in [6.07, 6.45) is 5.16. The van der Waals surface area contributed by atoms with Crippen LogP contribution in [0.15, 0.2) is 30.3 Å². The van der Waals surface area contributed by atoms with Crippen molar-refractivity contribution in [3.8, 4) is 0 Å². The molecule has 0 unspecified atom stereocenters. The van der Waals surface area contributed by atoms with Gasteiger partial charge < -0.3 is 10.0 Å². The number of benzene rings is 1. The molecule has 3 heteroatoms. The summed E-state index contributed by atoms with van der Waals surface area (Å²) >= 11 is 0. The maximum absolute atomic E-state index is 9.39. The first-order valence-corrected chi connectivity index (χ1v) is 7.13. The third-order valence-electron chi connectivity index (χ3n) is 3.86. The van der Waals surface area contributed by atoms with E-state index in [-0.39, 0.29) is 6.61 Å². The molecule has 0 atom stereocenters. The average molecular weight is 256 g/mol. The molecule has 1 fully saturated rings. The van der Waals surface area contributed by atoms with Crippen molar-refractivity contribution in [3.63, 3.8) is 0 Å². The summed E-state index contributed by atoms with van der Waals surface area (Å²) in [6.45, 7) is 2.23. The van der Waals surface area contributed by atoms with E-state index in [1.807, 2.05) is 18.2 Å². The van der Waals surface area contributed by atoms with Crippen molar-refractivity contribution in [2.24, 2.45) is 0 Å². The van der Waals surface area contributed by atoms with E-state index >= 15 is 0 Å². The fraction of sp³-hybridized carbons (Fsp3) is 0.438. The van der Waals surface area contributed by atoms with E-state index in [4.69, 9.17) is 0 Å². The minimum Gasteiger partial charge on any atom is -0.390 e. The van der Waals surface area contributed by atoms with Crippen molar-refractivity contribution in [3.05, 3.63) is 36.0 Å². The average Bonchev–Trinajstić information content (AvgIpc) is 2.75. The molecular weight excluding hydrogens is 236 g/mol. The normalized spacial score (nSPS) is 16.6. The zero-order valence-corrected chi connectivity index (χ0v) is 11.2. The third-order valence-corrected chi connectivity index (χ3v) is 3.86. The number of hydrogen-bond acceptors (Lipinski definition) is 3. The van der Waals surface area contributed by atoms with E-state index in [9.17, 15) is 5.11 Å². The van der Waals surface area contributed by atoms with Crippen molar-refractivity contribution >= 4 is 16.6 Å². The van der Waals surface area contributed by atoms with Crippen molar-refractivity contribution < 1.29 is 5.11 Å². The number of rotatable bonds is 2. The first kappa shape index (κ1) is 12.4. The van der Waals surface area contributed by atoms with Gasteiger partial charge in [-0.3, -0.25) is 4.98 Å². The van der Waals surface area contributed by atoms with Crippen LogP contribution in [0.1, 0.15) is 31.4 Å². The molecule has 0 aliphatic carbocycles. The Labute approximate surface area is 113 Å². The SMILES string of the molecule is OCc1cc(N2CCCCCC2)c2ccccc2n1. The Hall–Kier alpha value is -1.61. The van der Waals surface area contributed by atoms with Crippen molar-refractivity contribution in [1.82, 2.24) is 4.98 Å². The predicted octanol–water partition coefficient (Wildman–Crippen LogP) is 3.11. The van der Waals surface area contributed by atoms with Crippen LogP contribution in [0.4, 0.5) is 5.69 Å². The Bertz CT molecular complexity index is 560. The highest BCUT2D eigenvalue weighted by Gasteiger charge is 2.14. The first-order valence-electron chi connectivity index (χ1n) is 7.13. The summed E-state index contributed by atoms with van der Waals surface area (Å²) in [7, 11) is 0. The van der Waals surface area contributed by atoms with E-state index in [1.165, 1.54) is 36.8 Å². The lowest BCUT2D eigenvalue weighted by Gasteiger charge is -2.24. The van der Waals surface area contributed by atoms with Crippen LogP contribution in [0.2, 0.25) is 0 Å². The Kier molecular flexibility index (Phi) is 3.65. The molecule has 19 heavy (non-hydrogen) atoms. The molecule has 0 amide bonds. The molecule has 1 saturated heterocycles. The zero-order valence-electron chi connectivity index (χ0n) is 11.2. The van der Waals surface area contributed by atoms with E-state index in [2.05, 4.69) is 22.0 Å². The van der Waals surface area contributed by atoms with E-state index < -0.39 is 0 Å². The smallest absolute Gasteiger partial charge is 0.0854 e.